The minimum atomic E-state index is -4.30. The Bertz CT molecular complexity index is 415. The van der Waals surface area contributed by atoms with Gasteiger partial charge in [0.2, 0.25) is 5.91 Å². The second kappa shape index (κ2) is 7.89. The SMILES string of the molecule is CCCCc1ccc(NC(=O)CNCC(F)(F)F)cc1. The molecule has 0 aromatic heterocycles. The van der Waals surface area contributed by atoms with Gasteiger partial charge in [-0.15, -0.1) is 0 Å². The monoisotopic (exact) mass is 288 g/mol. The number of amides is 1. The molecule has 0 aliphatic heterocycles. The van der Waals surface area contributed by atoms with Crippen LogP contribution in [0.5, 0.6) is 0 Å². The van der Waals surface area contributed by atoms with Crippen LogP contribution in [0.1, 0.15) is 25.3 Å². The van der Waals surface area contributed by atoms with Crippen LogP contribution in [0.15, 0.2) is 24.3 Å². The van der Waals surface area contributed by atoms with Gasteiger partial charge in [0.15, 0.2) is 0 Å². The fraction of sp³-hybridized carbons (Fsp3) is 0.500. The van der Waals surface area contributed by atoms with E-state index in [1.165, 1.54) is 5.56 Å². The maximum atomic E-state index is 11.9. The van der Waals surface area contributed by atoms with Gasteiger partial charge in [0.1, 0.15) is 0 Å². The number of benzene rings is 1. The molecule has 0 radical (unpaired) electrons. The molecule has 1 rings (SSSR count). The first-order valence-electron chi connectivity index (χ1n) is 6.57. The average Bonchev–Trinajstić information content (AvgIpc) is 2.36. The van der Waals surface area contributed by atoms with Gasteiger partial charge in [-0.25, -0.2) is 0 Å². The third-order valence-electron chi connectivity index (χ3n) is 2.67. The molecule has 1 aromatic carbocycles. The van der Waals surface area contributed by atoms with E-state index in [4.69, 9.17) is 0 Å². The molecular weight excluding hydrogens is 269 g/mol. The lowest BCUT2D eigenvalue weighted by molar-refractivity contribution is -0.126. The molecule has 0 bridgehead atoms. The molecule has 0 spiro atoms. The van der Waals surface area contributed by atoms with Gasteiger partial charge in [-0.05, 0) is 30.5 Å². The normalized spacial score (nSPS) is 11.4. The quantitative estimate of drug-likeness (QED) is 0.809. The van der Waals surface area contributed by atoms with E-state index in [0.717, 1.165) is 19.3 Å². The summed E-state index contributed by atoms with van der Waals surface area (Å²) in [7, 11) is 0. The third-order valence-corrected chi connectivity index (χ3v) is 2.67. The molecule has 0 fully saturated rings. The Kier molecular flexibility index (Phi) is 6.51. The Balaban J connectivity index is 2.34. The number of carbonyl (C=O) groups is 1. The van der Waals surface area contributed by atoms with Crippen molar-refractivity contribution in [1.82, 2.24) is 5.32 Å². The van der Waals surface area contributed by atoms with Gasteiger partial charge in [-0.3, -0.25) is 4.79 Å². The number of alkyl halides is 3. The lowest BCUT2D eigenvalue weighted by atomic mass is 10.1. The molecule has 0 unspecified atom stereocenters. The summed E-state index contributed by atoms with van der Waals surface area (Å²) in [6.07, 6.45) is -1.10. The second-order valence-corrected chi connectivity index (χ2v) is 4.57. The van der Waals surface area contributed by atoms with E-state index in [1.807, 2.05) is 17.4 Å². The summed E-state index contributed by atoms with van der Waals surface area (Å²) < 4.78 is 35.7. The van der Waals surface area contributed by atoms with Crippen LogP contribution in [0.2, 0.25) is 0 Å². The van der Waals surface area contributed by atoms with Gasteiger partial charge in [0.25, 0.3) is 0 Å². The highest BCUT2D eigenvalue weighted by atomic mass is 19.4. The van der Waals surface area contributed by atoms with Gasteiger partial charge in [-0.2, -0.15) is 13.2 Å². The van der Waals surface area contributed by atoms with Crippen LogP contribution < -0.4 is 10.6 Å². The fourth-order valence-electron chi connectivity index (χ4n) is 1.66. The van der Waals surface area contributed by atoms with Crippen molar-refractivity contribution < 1.29 is 18.0 Å². The molecule has 3 nitrogen and oxygen atoms in total. The molecule has 112 valence electrons. The summed E-state index contributed by atoms with van der Waals surface area (Å²) >= 11 is 0. The van der Waals surface area contributed by atoms with Gasteiger partial charge >= 0.3 is 6.18 Å². The molecule has 1 aromatic rings. The van der Waals surface area contributed by atoms with Crippen LogP contribution in [0.4, 0.5) is 18.9 Å². The minimum Gasteiger partial charge on any atom is -0.325 e. The predicted molar refractivity (Wildman–Crippen MR) is 72.6 cm³/mol. The third kappa shape index (κ3) is 7.13. The Morgan fingerprint density at radius 1 is 1.20 bits per heavy atom. The molecule has 0 saturated heterocycles. The maximum absolute atomic E-state index is 11.9. The van der Waals surface area contributed by atoms with Crippen molar-refractivity contribution in [2.75, 3.05) is 18.4 Å². The summed E-state index contributed by atoms with van der Waals surface area (Å²) in [6, 6.07) is 7.34. The van der Waals surface area contributed by atoms with E-state index >= 15 is 0 Å². The van der Waals surface area contributed by atoms with Crippen LogP contribution in [0.3, 0.4) is 0 Å². The van der Waals surface area contributed by atoms with Crippen molar-refractivity contribution in [3.05, 3.63) is 29.8 Å². The van der Waals surface area contributed by atoms with Crippen LogP contribution in [0, 0.1) is 0 Å². The molecule has 1 amide bonds. The molecule has 6 heteroatoms. The summed E-state index contributed by atoms with van der Waals surface area (Å²) in [4.78, 5) is 11.4. The van der Waals surface area contributed by atoms with Crippen molar-refractivity contribution in [3.8, 4) is 0 Å². The predicted octanol–water partition coefficient (Wildman–Crippen LogP) is 3.12. The van der Waals surface area contributed by atoms with Crippen LogP contribution in [0.25, 0.3) is 0 Å². The van der Waals surface area contributed by atoms with Gasteiger partial charge in [0.05, 0.1) is 13.1 Å². The van der Waals surface area contributed by atoms with Gasteiger partial charge < -0.3 is 10.6 Å². The first-order chi connectivity index (χ1) is 9.40. The number of carbonyl (C=O) groups excluding carboxylic acids is 1. The number of unbranched alkanes of at least 4 members (excludes halogenated alkanes) is 1. The zero-order valence-electron chi connectivity index (χ0n) is 11.4. The highest BCUT2D eigenvalue weighted by molar-refractivity contribution is 5.92. The highest BCUT2D eigenvalue weighted by Crippen LogP contribution is 2.13. The van der Waals surface area contributed by atoms with Crippen molar-refractivity contribution in [3.63, 3.8) is 0 Å². The average molecular weight is 288 g/mol. The first kappa shape index (κ1) is 16.5. The van der Waals surface area contributed by atoms with Gasteiger partial charge in [0, 0.05) is 5.69 Å². The van der Waals surface area contributed by atoms with E-state index < -0.39 is 18.6 Å². The summed E-state index contributed by atoms with van der Waals surface area (Å²) in [5.41, 5.74) is 1.77. The van der Waals surface area contributed by atoms with Crippen LogP contribution >= 0.6 is 0 Å². The molecule has 0 aliphatic rings. The number of halogens is 3. The van der Waals surface area contributed by atoms with E-state index in [0.29, 0.717) is 5.69 Å². The van der Waals surface area contributed by atoms with E-state index in [-0.39, 0.29) is 6.54 Å². The Hall–Kier alpha value is -1.56. The minimum absolute atomic E-state index is 0.364. The molecule has 0 atom stereocenters. The van der Waals surface area contributed by atoms with Crippen molar-refractivity contribution >= 4 is 11.6 Å². The van der Waals surface area contributed by atoms with Gasteiger partial charge in [-0.1, -0.05) is 25.5 Å². The smallest absolute Gasteiger partial charge is 0.325 e. The lowest BCUT2D eigenvalue weighted by Gasteiger charge is -2.09. The molecule has 0 saturated carbocycles. The second-order valence-electron chi connectivity index (χ2n) is 4.57. The Labute approximate surface area is 116 Å². The van der Waals surface area contributed by atoms with Crippen LogP contribution in [-0.2, 0) is 11.2 Å². The number of aryl methyl sites for hydroxylation is 1. The van der Waals surface area contributed by atoms with E-state index in [9.17, 15) is 18.0 Å². The number of rotatable bonds is 7. The Morgan fingerprint density at radius 2 is 1.85 bits per heavy atom. The maximum Gasteiger partial charge on any atom is 0.401 e. The van der Waals surface area contributed by atoms with Crippen molar-refractivity contribution in [2.45, 2.75) is 32.4 Å². The fourth-order valence-corrected chi connectivity index (χ4v) is 1.66. The highest BCUT2D eigenvalue weighted by Gasteiger charge is 2.26. The molecule has 0 aliphatic carbocycles. The molecule has 2 N–H and O–H groups in total. The van der Waals surface area contributed by atoms with Crippen LogP contribution in [-0.4, -0.2) is 25.2 Å². The lowest BCUT2D eigenvalue weighted by Crippen LogP contribution is -2.35. The Morgan fingerprint density at radius 3 is 2.40 bits per heavy atom. The van der Waals surface area contributed by atoms with E-state index in [2.05, 4.69) is 12.2 Å². The number of nitrogens with one attached hydrogen (secondary N) is 2. The van der Waals surface area contributed by atoms with Crippen molar-refractivity contribution in [2.24, 2.45) is 0 Å². The number of hydrogen-bond donors (Lipinski definition) is 2. The number of hydrogen-bond acceptors (Lipinski definition) is 2. The number of anilines is 1. The van der Waals surface area contributed by atoms with Crippen molar-refractivity contribution in [1.29, 1.82) is 0 Å². The zero-order valence-corrected chi connectivity index (χ0v) is 11.4. The first-order valence-corrected chi connectivity index (χ1v) is 6.57. The molecule has 0 heterocycles. The molecular formula is C14H19F3N2O. The summed E-state index contributed by atoms with van der Waals surface area (Å²) in [6.45, 7) is 0.579. The molecule has 20 heavy (non-hydrogen) atoms. The summed E-state index contributed by atoms with van der Waals surface area (Å²) in [5.74, 6) is -0.490. The summed E-state index contributed by atoms with van der Waals surface area (Å²) in [5, 5.41) is 4.59. The largest absolute Gasteiger partial charge is 0.401 e. The standard InChI is InChI=1S/C14H19F3N2O/c1-2-3-4-11-5-7-12(8-6-11)19-13(20)9-18-10-14(15,16)17/h5-8,18H,2-4,9-10H2,1H3,(H,19,20). The topological polar surface area (TPSA) is 41.1 Å². The zero-order chi connectivity index (χ0) is 15.0. The van der Waals surface area contributed by atoms with E-state index in [1.54, 1.807) is 12.1 Å².